The van der Waals surface area contributed by atoms with E-state index in [-0.39, 0.29) is 17.6 Å². The van der Waals surface area contributed by atoms with Crippen LogP contribution in [0.15, 0.2) is 46.4 Å². The first-order valence-corrected chi connectivity index (χ1v) is 8.97. The third-order valence-corrected chi connectivity index (χ3v) is 5.42. The second kappa shape index (κ2) is 7.02. The highest BCUT2D eigenvalue weighted by Crippen LogP contribution is 2.28. The quantitative estimate of drug-likeness (QED) is 0.740. The summed E-state index contributed by atoms with van der Waals surface area (Å²) in [5.41, 5.74) is 0.845. The van der Waals surface area contributed by atoms with Gasteiger partial charge < -0.3 is 14.6 Å². The largest absolute Gasteiger partial charge is 0.459 e. The summed E-state index contributed by atoms with van der Waals surface area (Å²) < 4.78 is 5.07. The monoisotopic (exact) mass is 360 g/mol. The summed E-state index contributed by atoms with van der Waals surface area (Å²) in [6.45, 7) is 2.44. The predicted molar refractivity (Wildman–Crippen MR) is 95.8 cm³/mol. The summed E-state index contributed by atoms with van der Waals surface area (Å²) in [4.78, 5) is 28.1. The minimum absolute atomic E-state index is 0.0515. The Balaban J connectivity index is 1.71. The zero-order valence-corrected chi connectivity index (χ0v) is 14.9. The topological polar surface area (TPSA) is 62.6 Å². The molecule has 0 aliphatic rings. The summed E-state index contributed by atoms with van der Waals surface area (Å²) in [6.07, 6.45) is 1.45. The maximum Gasteiger partial charge on any atom is 0.291 e. The van der Waals surface area contributed by atoms with E-state index < -0.39 is 0 Å². The van der Waals surface area contributed by atoms with Crippen molar-refractivity contribution in [1.82, 2.24) is 4.90 Å². The molecule has 0 unspecified atom stereocenters. The molecule has 24 heavy (non-hydrogen) atoms. The van der Waals surface area contributed by atoms with Crippen molar-refractivity contribution in [3.8, 4) is 0 Å². The van der Waals surface area contributed by atoms with Gasteiger partial charge in [0.15, 0.2) is 5.76 Å². The first-order chi connectivity index (χ1) is 11.5. The maximum absolute atomic E-state index is 12.6. The Kier molecular flexibility index (Phi) is 4.82. The standard InChI is InChI=1S/C17H16N2O3S2/c1-11-9-14(18-16(20)13-6-3-7-22-13)24-15(11)17(21)19(2)10-12-5-4-8-23-12/h3-9H,10H2,1-2H3,(H,18,20). The van der Waals surface area contributed by atoms with Crippen molar-refractivity contribution in [3.05, 3.63) is 63.1 Å². The molecule has 3 aromatic rings. The first kappa shape index (κ1) is 16.5. The van der Waals surface area contributed by atoms with Crippen molar-refractivity contribution in [2.75, 3.05) is 12.4 Å². The molecule has 0 aromatic carbocycles. The van der Waals surface area contributed by atoms with Gasteiger partial charge in [0, 0.05) is 11.9 Å². The molecule has 0 saturated carbocycles. The predicted octanol–water partition coefficient (Wildman–Crippen LogP) is 4.24. The number of anilines is 1. The van der Waals surface area contributed by atoms with Crippen LogP contribution in [-0.2, 0) is 6.54 Å². The number of aryl methyl sites for hydroxylation is 1. The summed E-state index contributed by atoms with van der Waals surface area (Å²) >= 11 is 2.89. The van der Waals surface area contributed by atoms with E-state index >= 15 is 0 Å². The van der Waals surface area contributed by atoms with Crippen molar-refractivity contribution in [3.63, 3.8) is 0 Å². The summed E-state index contributed by atoms with van der Waals surface area (Å²) in [6, 6.07) is 9.03. The molecule has 7 heteroatoms. The zero-order chi connectivity index (χ0) is 17.1. The van der Waals surface area contributed by atoms with Crippen molar-refractivity contribution < 1.29 is 14.0 Å². The van der Waals surface area contributed by atoms with E-state index in [0.717, 1.165) is 10.4 Å². The lowest BCUT2D eigenvalue weighted by molar-refractivity contribution is 0.0790. The number of hydrogen-bond acceptors (Lipinski definition) is 5. The van der Waals surface area contributed by atoms with Gasteiger partial charge in [0.25, 0.3) is 11.8 Å². The molecule has 0 saturated heterocycles. The highest BCUT2D eigenvalue weighted by atomic mass is 32.1. The molecule has 2 amide bonds. The molecule has 0 bridgehead atoms. The van der Waals surface area contributed by atoms with Gasteiger partial charge in [-0.15, -0.1) is 22.7 Å². The third kappa shape index (κ3) is 3.58. The lowest BCUT2D eigenvalue weighted by atomic mass is 10.2. The molecule has 0 atom stereocenters. The molecule has 0 fully saturated rings. The van der Waals surface area contributed by atoms with Crippen LogP contribution < -0.4 is 5.32 Å². The Labute approximate surface area is 147 Å². The maximum atomic E-state index is 12.6. The Morgan fingerprint density at radius 1 is 1.29 bits per heavy atom. The van der Waals surface area contributed by atoms with Crippen LogP contribution in [0.2, 0.25) is 0 Å². The van der Waals surface area contributed by atoms with E-state index in [4.69, 9.17) is 4.42 Å². The molecule has 1 N–H and O–H groups in total. The fourth-order valence-electron chi connectivity index (χ4n) is 2.22. The fraction of sp³-hybridized carbons (Fsp3) is 0.176. The molecule has 0 spiro atoms. The number of carbonyl (C=O) groups is 2. The number of rotatable bonds is 5. The fourth-order valence-corrected chi connectivity index (χ4v) is 4.04. The van der Waals surface area contributed by atoms with Crippen LogP contribution in [0, 0.1) is 6.92 Å². The van der Waals surface area contributed by atoms with Gasteiger partial charge in [0.2, 0.25) is 0 Å². The van der Waals surface area contributed by atoms with Crippen LogP contribution in [0.5, 0.6) is 0 Å². The number of carbonyl (C=O) groups excluding carboxylic acids is 2. The lowest BCUT2D eigenvalue weighted by Crippen LogP contribution is -2.25. The van der Waals surface area contributed by atoms with E-state index in [1.807, 2.05) is 24.4 Å². The lowest BCUT2D eigenvalue weighted by Gasteiger charge is -2.15. The van der Waals surface area contributed by atoms with Gasteiger partial charge in [-0.2, -0.15) is 0 Å². The molecule has 3 aromatic heterocycles. The summed E-state index contributed by atoms with van der Waals surface area (Å²) in [5, 5.41) is 5.38. The third-order valence-electron chi connectivity index (χ3n) is 3.41. The number of nitrogens with zero attached hydrogens (tertiary/aromatic N) is 1. The molecule has 5 nitrogen and oxygen atoms in total. The number of hydrogen-bond donors (Lipinski definition) is 1. The highest BCUT2D eigenvalue weighted by Gasteiger charge is 2.19. The van der Waals surface area contributed by atoms with Crippen LogP contribution >= 0.6 is 22.7 Å². The SMILES string of the molecule is Cc1cc(NC(=O)c2ccco2)sc1C(=O)N(C)Cc1cccs1. The van der Waals surface area contributed by atoms with Gasteiger partial charge in [-0.05, 0) is 42.1 Å². The average Bonchev–Trinajstić information content (AvgIpc) is 3.28. The molecule has 0 aliphatic heterocycles. The van der Waals surface area contributed by atoms with Crippen molar-refractivity contribution >= 4 is 39.5 Å². The van der Waals surface area contributed by atoms with Gasteiger partial charge in [-0.3, -0.25) is 9.59 Å². The highest BCUT2D eigenvalue weighted by molar-refractivity contribution is 7.18. The number of amides is 2. The first-order valence-electron chi connectivity index (χ1n) is 7.27. The Bertz CT molecular complexity index is 835. The summed E-state index contributed by atoms with van der Waals surface area (Å²) in [5.74, 6) is -0.139. The number of thiophene rings is 2. The number of furan rings is 1. The minimum atomic E-state index is -0.327. The second-order valence-electron chi connectivity index (χ2n) is 5.29. The van der Waals surface area contributed by atoms with Crippen molar-refractivity contribution in [1.29, 1.82) is 0 Å². The zero-order valence-electron chi connectivity index (χ0n) is 13.2. The van der Waals surface area contributed by atoms with Crippen LogP contribution in [-0.4, -0.2) is 23.8 Å². The van der Waals surface area contributed by atoms with E-state index in [2.05, 4.69) is 5.32 Å². The van der Waals surface area contributed by atoms with Gasteiger partial charge >= 0.3 is 0 Å². The van der Waals surface area contributed by atoms with Crippen molar-refractivity contribution in [2.24, 2.45) is 0 Å². The Morgan fingerprint density at radius 3 is 2.79 bits per heavy atom. The summed E-state index contributed by atoms with van der Waals surface area (Å²) in [7, 11) is 1.78. The molecule has 3 heterocycles. The molecular weight excluding hydrogens is 344 g/mol. The second-order valence-corrected chi connectivity index (χ2v) is 7.38. The van der Waals surface area contributed by atoms with Crippen LogP contribution in [0.4, 0.5) is 5.00 Å². The van der Waals surface area contributed by atoms with Crippen LogP contribution in [0.3, 0.4) is 0 Å². The molecule has 0 radical (unpaired) electrons. The molecular formula is C17H16N2O3S2. The van der Waals surface area contributed by atoms with E-state index in [0.29, 0.717) is 16.4 Å². The smallest absolute Gasteiger partial charge is 0.291 e. The van der Waals surface area contributed by atoms with Crippen LogP contribution in [0.25, 0.3) is 0 Å². The average molecular weight is 360 g/mol. The van der Waals surface area contributed by atoms with E-state index in [9.17, 15) is 9.59 Å². The van der Waals surface area contributed by atoms with Gasteiger partial charge in [0.1, 0.15) is 0 Å². The Hall–Kier alpha value is -2.38. The van der Waals surface area contributed by atoms with Crippen LogP contribution in [0.1, 0.15) is 30.7 Å². The van der Waals surface area contributed by atoms with Gasteiger partial charge in [0.05, 0.1) is 22.7 Å². The molecule has 124 valence electrons. The molecule has 0 aliphatic carbocycles. The normalized spacial score (nSPS) is 10.6. The van der Waals surface area contributed by atoms with Gasteiger partial charge in [-0.25, -0.2) is 0 Å². The number of nitrogens with one attached hydrogen (secondary N) is 1. The minimum Gasteiger partial charge on any atom is -0.459 e. The van der Waals surface area contributed by atoms with Gasteiger partial charge in [-0.1, -0.05) is 6.07 Å². The van der Waals surface area contributed by atoms with E-state index in [1.54, 1.807) is 41.5 Å². The van der Waals surface area contributed by atoms with Crippen molar-refractivity contribution in [2.45, 2.75) is 13.5 Å². The van der Waals surface area contributed by atoms with E-state index in [1.165, 1.54) is 17.6 Å². The molecule has 3 rings (SSSR count). The Morgan fingerprint density at radius 2 is 2.12 bits per heavy atom.